The molecule has 2 heterocycles. The molecule has 1 atom stereocenters. The highest BCUT2D eigenvalue weighted by Crippen LogP contribution is 2.22. The SMILES string of the molecule is Brc1cccc([C@@H]2CCCN2)n1. The number of hydrogen-bond acceptors (Lipinski definition) is 2. The van der Waals surface area contributed by atoms with Crippen molar-refractivity contribution >= 4 is 15.9 Å². The van der Waals surface area contributed by atoms with Crippen LogP contribution in [0.3, 0.4) is 0 Å². The number of pyridine rings is 1. The van der Waals surface area contributed by atoms with Crippen molar-refractivity contribution in [1.82, 2.24) is 10.3 Å². The lowest BCUT2D eigenvalue weighted by Crippen LogP contribution is -2.13. The Kier molecular flexibility index (Phi) is 2.42. The Hall–Kier alpha value is -0.410. The van der Waals surface area contributed by atoms with Gasteiger partial charge in [-0.3, -0.25) is 0 Å². The summed E-state index contributed by atoms with van der Waals surface area (Å²) in [5.74, 6) is 0. The zero-order valence-electron chi connectivity index (χ0n) is 6.76. The van der Waals surface area contributed by atoms with E-state index in [9.17, 15) is 0 Å². The predicted molar refractivity (Wildman–Crippen MR) is 51.9 cm³/mol. The van der Waals surface area contributed by atoms with Crippen LogP contribution < -0.4 is 5.32 Å². The van der Waals surface area contributed by atoms with Crippen molar-refractivity contribution < 1.29 is 0 Å². The number of hydrogen-bond donors (Lipinski definition) is 1. The van der Waals surface area contributed by atoms with Crippen LogP contribution in [0.2, 0.25) is 0 Å². The molecule has 1 aromatic heterocycles. The summed E-state index contributed by atoms with van der Waals surface area (Å²) in [6, 6.07) is 6.54. The first-order valence-corrected chi connectivity index (χ1v) is 5.01. The molecule has 1 aromatic rings. The highest BCUT2D eigenvalue weighted by Gasteiger charge is 2.16. The third-order valence-electron chi connectivity index (χ3n) is 2.15. The van der Waals surface area contributed by atoms with Gasteiger partial charge in [0.15, 0.2) is 0 Å². The summed E-state index contributed by atoms with van der Waals surface area (Å²) < 4.78 is 0.925. The van der Waals surface area contributed by atoms with Gasteiger partial charge in [0.1, 0.15) is 4.60 Å². The average Bonchev–Trinajstić information content (AvgIpc) is 2.56. The van der Waals surface area contributed by atoms with E-state index in [2.05, 4.69) is 32.3 Å². The molecule has 3 heteroatoms. The molecular formula is C9H11BrN2. The van der Waals surface area contributed by atoms with Gasteiger partial charge < -0.3 is 5.32 Å². The maximum atomic E-state index is 4.41. The molecule has 2 rings (SSSR count). The van der Waals surface area contributed by atoms with Gasteiger partial charge in [-0.2, -0.15) is 0 Å². The van der Waals surface area contributed by atoms with Crippen molar-refractivity contribution in [2.45, 2.75) is 18.9 Å². The Balaban J connectivity index is 2.21. The van der Waals surface area contributed by atoms with E-state index in [1.807, 2.05) is 12.1 Å². The van der Waals surface area contributed by atoms with Crippen molar-refractivity contribution in [2.24, 2.45) is 0 Å². The van der Waals surface area contributed by atoms with Crippen LogP contribution in [-0.2, 0) is 0 Å². The first-order chi connectivity index (χ1) is 5.86. The molecule has 0 unspecified atom stereocenters. The molecule has 1 aliphatic rings. The number of nitrogens with zero attached hydrogens (tertiary/aromatic N) is 1. The lowest BCUT2D eigenvalue weighted by Gasteiger charge is -2.08. The van der Waals surface area contributed by atoms with E-state index in [-0.39, 0.29) is 0 Å². The van der Waals surface area contributed by atoms with Crippen molar-refractivity contribution in [1.29, 1.82) is 0 Å². The van der Waals surface area contributed by atoms with Gasteiger partial charge in [-0.15, -0.1) is 0 Å². The topological polar surface area (TPSA) is 24.9 Å². The number of nitrogens with one attached hydrogen (secondary N) is 1. The highest BCUT2D eigenvalue weighted by atomic mass is 79.9. The summed E-state index contributed by atoms with van der Waals surface area (Å²) in [6.07, 6.45) is 2.47. The first-order valence-electron chi connectivity index (χ1n) is 4.22. The Labute approximate surface area is 80.5 Å². The summed E-state index contributed by atoms with van der Waals surface area (Å²) in [5.41, 5.74) is 1.15. The lowest BCUT2D eigenvalue weighted by molar-refractivity contribution is 0.626. The smallest absolute Gasteiger partial charge is 0.106 e. The van der Waals surface area contributed by atoms with Gasteiger partial charge in [-0.05, 0) is 47.4 Å². The third kappa shape index (κ3) is 1.67. The van der Waals surface area contributed by atoms with E-state index >= 15 is 0 Å². The zero-order valence-corrected chi connectivity index (χ0v) is 8.34. The van der Waals surface area contributed by atoms with Crippen LogP contribution in [0.25, 0.3) is 0 Å². The monoisotopic (exact) mass is 226 g/mol. The second-order valence-electron chi connectivity index (χ2n) is 3.03. The minimum absolute atomic E-state index is 0.475. The maximum Gasteiger partial charge on any atom is 0.106 e. The number of halogens is 1. The molecule has 0 spiro atoms. The van der Waals surface area contributed by atoms with Gasteiger partial charge in [-0.1, -0.05) is 6.07 Å². The molecule has 0 aromatic carbocycles. The Morgan fingerprint density at radius 3 is 3.08 bits per heavy atom. The van der Waals surface area contributed by atoms with Crippen LogP contribution >= 0.6 is 15.9 Å². The van der Waals surface area contributed by atoms with Gasteiger partial charge in [0.2, 0.25) is 0 Å². The third-order valence-corrected chi connectivity index (χ3v) is 2.60. The Morgan fingerprint density at radius 2 is 2.42 bits per heavy atom. The largest absolute Gasteiger partial charge is 0.309 e. The highest BCUT2D eigenvalue weighted by molar-refractivity contribution is 9.10. The van der Waals surface area contributed by atoms with Crippen molar-refractivity contribution in [3.8, 4) is 0 Å². The Morgan fingerprint density at radius 1 is 1.50 bits per heavy atom. The van der Waals surface area contributed by atoms with E-state index in [1.165, 1.54) is 12.8 Å². The fourth-order valence-electron chi connectivity index (χ4n) is 1.56. The summed E-state index contributed by atoms with van der Waals surface area (Å²) in [6.45, 7) is 1.12. The Bertz CT molecular complexity index is 269. The number of aromatic nitrogens is 1. The molecule has 2 nitrogen and oxygen atoms in total. The van der Waals surface area contributed by atoms with E-state index in [0.717, 1.165) is 16.8 Å². The van der Waals surface area contributed by atoms with E-state index in [4.69, 9.17) is 0 Å². The minimum atomic E-state index is 0.475. The summed E-state index contributed by atoms with van der Waals surface area (Å²) in [7, 11) is 0. The van der Waals surface area contributed by atoms with E-state index in [1.54, 1.807) is 0 Å². The standard InChI is InChI=1S/C9H11BrN2/c10-9-5-1-3-8(12-9)7-4-2-6-11-7/h1,3,5,7,11H,2,4,6H2/t7-/m0/s1. The second kappa shape index (κ2) is 3.54. The van der Waals surface area contributed by atoms with Gasteiger partial charge in [0, 0.05) is 6.04 Å². The molecule has 0 saturated carbocycles. The first kappa shape index (κ1) is 8.20. The summed E-state index contributed by atoms with van der Waals surface area (Å²) >= 11 is 3.37. The summed E-state index contributed by atoms with van der Waals surface area (Å²) in [4.78, 5) is 4.41. The van der Waals surface area contributed by atoms with Crippen LogP contribution in [0.15, 0.2) is 22.8 Å². The van der Waals surface area contributed by atoms with Gasteiger partial charge in [-0.25, -0.2) is 4.98 Å². The molecular weight excluding hydrogens is 216 g/mol. The molecule has 1 saturated heterocycles. The van der Waals surface area contributed by atoms with Crippen molar-refractivity contribution in [3.63, 3.8) is 0 Å². The average molecular weight is 227 g/mol. The molecule has 0 amide bonds. The molecule has 12 heavy (non-hydrogen) atoms. The number of rotatable bonds is 1. The van der Waals surface area contributed by atoms with Crippen molar-refractivity contribution in [2.75, 3.05) is 6.54 Å². The van der Waals surface area contributed by atoms with Gasteiger partial charge in [0.05, 0.1) is 5.69 Å². The molecule has 1 N–H and O–H groups in total. The van der Waals surface area contributed by atoms with Gasteiger partial charge in [0.25, 0.3) is 0 Å². The minimum Gasteiger partial charge on any atom is -0.309 e. The molecule has 0 aliphatic carbocycles. The molecule has 0 bridgehead atoms. The molecule has 0 radical (unpaired) electrons. The van der Waals surface area contributed by atoms with E-state index < -0.39 is 0 Å². The zero-order chi connectivity index (χ0) is 8.39. The quantitative estimate of drug-likeness (QED) is 0.744. The van der Waals surface area contributed by atoms with Crippen LogP contribution in [-0.4, -0.2) is 11.5 Å². The normalized spacial score (nSPS) is 22.9. The van der Waals surface area contributed by atoms with Gasteiger partial charge >= 0.3 is 0 Å². The fraction of sp³-hybridized carbons (Fsp3) is 0.444. The second-order valence-corrected chi connectivity index (χ2v) is 3.85. The van der Waals surface area contributed by atoms with Crippen molar-refractivity contribution in [3.05, 3.63) is 28.5 Å². The summed E-state index contributed by atoms with van der Waals surface area (Å²) in [5, 5.41) is 3.42. The molecule has 64 valence electrons. The lowest BCUT2D eigenvalue weighted by atomic mass is 10.1. The molecule has 1 aliphatic heterocycles. The van der Waals surface area contributed by atoms with Crippen LogP contribution in [0.4, 0.5) is 0 Å². The predicted octanol–water partition coefficient (Wildman–Crippen LogP) is 2.27. The van der Waals surface area contributed by atoms with Crippen LogP contribution in [0.1, 0.15) is 24.6 Å². The fourth-order valence-corrected chi connectivity index (χ4v) is 1.91. The molecule has 1 fully saturated rings. The van der Waals surface area contributed by atoms with Crippen LogP contribution in [0.5, 0.6) is 0 Å². The maximum absolute atomic E-state index is 4.41. The van der Waals surface area contributed by atoms with E-state index in [0.29, 0.717) is 6.04 Å². The van der Waals surface area contributed by atoms with Crippen LogP contribution in [0, 0.1) is 0 Å².